The molecule has 5 rings (SSSR count). The van der Waals surface area contributed by atoms with Crippen molar-refractivity contribution >= 4 is 5.91 Å². The Morgan fingerprint density at radius 1 is 1.00 bits per heavy atom. The summed E-state index contributed by atoms with van der Waals surface area (Å²) in [6.07, 6.45) is -1.19. The van der Waals surface area contributed by atoms with E-state index in [0.29, 0.717) is 17.9 Å². The first-order valence-corrected chi connectivity index (χ1v) is 8.46. The molecule has 6 nitrogen and oxygen atoms in total. The van der Waals surface area contributed by atoms with Crippen molar-refractivity contribution in [1.82, 2.24) is 10.4 Å². The van der Waals surface area contributed by atoms with E-state index in [1.54, 1.807) is 0 Å². The van der Waals surface area contributed by atoms with Gasteiger partial charge in [-0.1, -0.05) is 36.4 Å². The highest BCUT2D eigenvalue weighted by molar-refractivity contribution is 5.90. The number of nitrogens with one attached hydrogen (secondary N) is 1. The zero-order valence-corrected chi connectivity index (χ0v) is 13.4. The van der Waals surface area contributed by atoms with E-state index in [1.165, 1.54) is 5.01 Å². The summed E-state index contributed by atoms with van der Waals surface area (Å²) in [5.41, 5.74) is 4.68. The monoisotopic (exact) mass is 338 g/mol. The molecule has 3 N–H and O–H groups in total. The van der Waals surface area contributed by atoms with Gasteiger partial charge in [0.2, 0.25) is 5.91 Å². The van der Waals surface area contributed by atoms with Gasteiger partial charge in [0, 0.05) is 11.1 Å². The van der Waals surface area contributed by atoms with Crippen LogP contribution in [0.4, 0.5) is 0 Å². The molecule has 0 unspecified atom stereocenters. The zero-order chi connectivity index (χ0) is 17.1. The van der Waals surface area contributed by atoms with E-state index in [-0.39, 0.29) is 11.9 Å². The van der Waals surface area contributed by atoms with Crippen LogP contribution in [0.15, 0.2) is 48.5 Å². The van der Waals surface area contributed by atoms with Crippen molar-refractivity contribution in [2.24, 2.45) is 0 Å². The van der Waals surface area contributed by atoms with Gasteiger partial charge in [0.25, 0.3) is 0 Å². The van der Waals surface area contributed by atoms with E-state index >= 15 is 0 Å². The smallest absolute Gasteiger partial charge is 0.249 e. The summed E-state index contributed by atoms with van der Waals surface area (Å²) in [6, 6.07) is 14.3. The van der Waals surface area contributed by atoms with Crippen LogP contribution in [0.5, 0.6) is 11.5 Å². The molecule has 1 saturated heterocycles. The minimum Gasteiger partial charge on any atom is -0.457 e. The Labute approximate surface area is 144 Å². The third kappa shape index (κ3) is 2.05. The first-order chi connectivity index (χ1) is 12.1. The predicted molar refractivity (Wildman–Crippen MR) is 89.0 cm³/mol. The second kappa shape index (κ2) is 5.29. The summed E-state index contributed by atoms with van der Waals surface area (Å²) in [4.78, 5) is 13.4. The Morgan fingerprint density at radius 3 is 2.16 bits per heavy atom. The highest BCUT2D eigenvalue weighted by atomic mass is 16.5. The normalized spacial score (nSPS) is 29.9. The maximum atomic E-state index is 13.4. The highest BCUT2D eigenvalue weighted by Gasteiger charge is 2.54. The van der Waals surface area contributed by atoms with Crippen molar-refractivity contribution in [3.63, 3.8) is 0 Å². The van der Waals surface area contributed by atoms with Crippen molar-refractivity contribution in [1.29, 1.82) is 0 Å². The molecule has 2 aromatic carbocycles. The molecule has 2 aliphatic heterocycles. The van der Waals surface area contributed by atoms with Gasteiger partial charge in [-0.15, -0.1) is 0 Å². The number of amides is 1. The average Bonchev–Trinajstić information content (AvgIpc) is 3.19. The maximum absolute atomic E-state index is 13.4. The second-order valence-electron chi connectivity index (χ2n) is 6.84. The van der Waals surface area contributed by atoms with Gasteiger partial charge in [0.05, 0.1) is 24.1 Å². The van der Waals surface area contributed by atoms with Crippen molar-refractivity contribution in [2.45, 2.75) is 36.6 Å². The number of benzene rings is 2. The maximum Gasteiger partial charge on any atom is 0.249 e. The SMILES string of the molecule is O=C(C1c2ccccc2Oc2ccccc21)N1N[C@@H]2C[C@H]1[C@@H](O)[C@H]2O. The number of carbonyl (C=O) groups is 1. The molecular formula is C19H18N2O4. The number of aliphatic hydroxyl groups excluding tert-OH is 2. The van der Waals surface area contributed by atoms with Crippen molar-refractivity contribution in [2.75, 3.05) is 0 Å². The van der Waals surface area contributed by atoms with Crippen LogP contribution in [0.3, 0.4) is 0 Å². The number of carbonyl (C=O) groups excluding carboxylic acids is 1. The molecule has 1 aliphatic carbocycles. The van der Waals surface area contributed by atoms with Crippen LogP contribution in [0.2, 0.25) is 0 Å². The van der Waals surface area contributed by atoms with Crippen molar-refractivity contribution in [3.8, 4) is 11.5 Å². The molecule has 3 aliphatic rings. The molecule has 2 fully saturated rings. The number of rotatable bonds is 1. The van der Waals surface area contributed by atoms with Gasteiger partial charge in [-0.2, -0.15) is 0 Å². The van der Waals surface area contributed by atoms with E-state index in [9.17, 15) is 15.0 Å². The summed E-state index contributed by atoms with van der Waals surface area (Å²) in [6.45, 7) is 0. The molecule has 2 aromatic rings. The second-order valence-corrected chi connectivity index (χ2v) is 6.84. The lowest BCUT2D eigenvalue weighted by Crippen LogP contribution is -2.59. The van der Waals surface area contributed by atoms with E-state index in [2.05, 4.69) is 5.43 Å². The number of hydrazine groups is 1. The van der Waals surface area contributed by atoms with Crippen LogP contribution in [-0.4, -0.2) is 45.4 Å². The molecule has 1 saturated carbocycles. The summed E-state index contributed by atoms with van der Waals surface area (Å²) >= 11 is 0. The highest BCUT2D eigenvalue weighted by Crippen LogP contribution is 2.45. The van der Waals surface area contributed by atoms with Crippen LogP contribution < -0.4 is 10.2 Å². The number of aliphatic hydroxyl groups is 2. The first kappa shape index (κ1) is 14.9. The van der Waals surface area contributed by atoms with E-state index in [0.717, 1.165) is 11.1 Å². The summed E-state index contributed by atoms with van der Waals surface area (Å²) in [5, 5.41) is 21.6. The standard InChI is InChI=1S/C19H18N2O4/c22-17-12-9-13(18(17)23)21(20-12)19(24)16-10-5-1-3-7-14(10)25-15-8-4-2-6-11(15)16/h1-8,12-13,16-18,20,22-23H,9H2/t12-,13+,17+,18-/m1/s1. The molecule has 2 bridgehead atoms. The Kier molecular flexibility index (Phi) is 3.15. The number of nitrogens with zero attached hydrogens (tertiary/aromatic N) is 1. The van der Waals surface area contributed by atoms with Gasteiger partial charge in [-0.25, -0.2) is 5.43 Å². The number of hydrogen-bond acceptors (Lipinski definition) is 5. The van der Waals surface area contributed by atoms with E-state index in [1.807, 2.05) is 48.5 Å². The van der Waals surface area contributed by atoms with Crippen molar-refractivity contribution in [3.05, 3.63) is 59.7 Å². The van der Waals surface area contributed by atoms with Crippen LogP contribution in [0.1, 0.15) is 23.5 Å². The number of para-hydroxylation sites is 2. The quantitative estimate of drug-likeness (QED) is 0.726. The number of ether oxygens (including phenoxy) is 1. The van der Waals surface area contributed by atoms with Gasteiger partial charge in [-0.3, -0.25) is 9.80 Å². The summed E-state index contributed by atoms with van der Waals surface area (Å²) in [5.74, 6) is 0.702. The van der Waals surface area contributed by atoms with Crippen LogP contribution >= 0.6 is 0 Å². The van der Waals surface area contributed by atoms with Gasteiger partial charge >= 0.3 is 0 Å². The first-order valence-electron chi connectivity index (χ1n) is 8.46. The molecular weight excluding hydrogens is 320 g/mol. The third-order valence-electron chi connectivity index (χ3n) is 5.45. The Morgan fingerprint density at radius 2 is 1.60 bits per heavy atom. The predicted octanol–water partition coefficient (Wildman–Crippen LogP) is 1.13. The molecule has 4 atom stereocenters. The fraction of sp³-hybridized carbons (Fsp3) is 0.316. The lowest BCUT2D eigenvalue weighted by atomic mass is 9.86. The minimum absolute atomic E-state index is 0.137. The summed E-state index contributed by atoms with van der Waals surface area (Å²) < 4.78 is 5.94. The molecule has 0 spiro atoms. The van der Waals surface area contributed by atoms with Crippen LogP contribution in [-0.2, 0) is 4.79 Å². The Balaban J connectivity index is 1.57. The van der Waals surface area contributed by atoms with Crippen LogP contribution in [0.25, 0.3) is 0 Å². The molecule has 2 heterocycles. The Bertz CT molecular complexity index is 807. The molecule has 1 amide bonds. The topological polar surface area (TPSA) is 82.0 Å². The van der Waals surface area contributed by atoms with Gasteiger partial charge in [-0.05, 0) is 18.6 Å². The molecule has 6 heteroatoms. The van der Waals surface area contributed by atoms with E-state index in [4.69, 9.17) is 4.74 Å². The fourth-order valence-corrected chi connectivity index (χ4v) is 4.21. The summed E-state index contributed by atoms with van der Waals surface area (Å²) in [7, 11) is 0. The number of hydrogen-bond donors (Lipinski definition) is 3. The van der Waals surface area contributed by atoms with E-state index < -0.39 is 24.2 Å². The molecule has 128 valence electrons. The molecule has 0 radical (unpaired) electrons. The minimum atomic E-state index is -0.916. The molecule has 25 heavy (non-hydrogen) atoms. The van der Waals surface area contributed by atoms with Crippen LogP contribution in [0, 0.1) is 0 Å². The largest absolute Gasteiger partial charge is 0.457 e. The van der Waals surface area contributed by atoms with Crippen molar-refractivity contribution < 1.29 is 19.7 Å². The number of fused-ring (bicyclic) bond motifs is 4. The van der Waals surface area contributed by atoms with Gasteiger partial charge in [0.1, 0.15) is 17.6 Å². The van der Waals surface area contributed by atoms with Gasteiger partial charge in [0.15, 0.2) is 0 Å². The average molecular weight is 338 g/mol. The Hall–Kier alpha value is -2.41. The lowest BCUT2D eigenvalue weighted by Gasteiger charge is -2.37. The fourth-order valence-electron chi connectivity index (χ4n) is 4.21. The zero-order valence-electron chi connectivity index (χ0n) is 13.4. The van der Waals surface area contributed by atoms with Gasteiger partial charge < -0.3 is 14.9 Å². The lowest BCUT2D eigenvalue weighted by molar-refractivity contribution is -0.145. The third-order valence-corrected chi connectivity index (χ3v) is 5.45. The molecule has 0 aromatic heterocycles.